The molecule has 1 N–H and O–H groups in total. The number of rotatable bonds is 4. The van der Waals surface area contributed by atoms with Crippen LogP contribution in [0.1, 0.15) is 36.4 Å². The normalized spacial score (nSPS) is 14.2. The van der Waals surface area contributed by atoms with Crippen molar-refractivity contribution in [3.05, 3.63) is 52.0 Å². The lowest BCUT2D eigenvalue weighted by Gasteiger charge is -2.29. The van der Waals surface area contributed by atoms with Crippen LogP contribution in [0.3, 0.4) is 0 Å². The molecular weight excluding hydrogens is 261 g/mol. The quantitative estimate of drug-likeness (QED) is 0.909. The highest BCUT2D eigenvalue weighted by atomic mass is 32.1. The second-order valence-corrected chi connectivity index (χ2v) is 5.66. The molecule has 0 spiro atoms. The van der Waals surface area contributed by atoms with Gasteiger partial charge in [-0.05, 0) is 43.5 Å². The van der Waals surface area contributed by atoms with E-state index in [0.717, 1.165) is 5.69 Å². The van der Waals surface area contributed by atoms with Crippen LogP contribution in [0.4, 0.5) is 10.1 Å². The average molecular weight is 279 g/mol. The third kappa shape index (κ3) is 2.96. The van der Waals surface area contributed by atoms with Gasteiger partial charge in [0.1, 0.15) is 5.82 Å². The molecule has 102 valence electrons. The van der Waals surface area contributed by atoms with Gasteiger partial charge in [0, 0.05) is 23.2 Å². The summed E-state index contributed by atoms with van der Waals surface area (Å²) < 4.78 is 13.3. The molecule has 1 unspecified atom stereocenters. The molecular formula is C15H18FNOS. The number of hydrogen-bond donors (Lipinski definition) is 1. The molecule has 0 bridgehead atoms. The number of anilines is 1. The van der Waals surface area contributed by atoms with Crippen molar-refractivity contribution in [2.45, 2.75) is 26.0 Å². The fourth-order valence-corrected chi connectivity index (χ4v) is 2.94. The summed E-state index contributed by atoms with van der Waals surface area (Å²) in [5.74, 6) is -0.322. The van der Waals surface area contributed by atoms with Crippen molar-refractivity contribution in [1.29, 1.82) is 0 Å². The first-order valence-electron chi connectivity index (χ1n) is 6.24. The maximum Gasteiger partial charge on any atom is 0.123 e. The van der Waals surface area contributed by atoms with Crippen molar-refractivity contribution >= 4 is 17.0 Å². The van der Waals surface area contributed by atoms with E-state index >= 15 is 0 Å². The lowest BCUT2D eigenvalue weighted by atomic mass is 10.1. The van der Waals surface area contributed by atoms with Crippen molar-refractivity contribution in [3.63, 3.8) is 0 Å². The third-order valence-corrected chi connectivity index (χ3v) is 4.40. The van der Waals surface area contributed by atoms with Gasteiger partial charge in [0.05, 0.1) is 12.1 Å². The Morgan fingerprint density at radius 2 is 2.00 bits per heavy atom. The molecule has 2 rings (SSSR count). The Morgan fingerprint density at radius 3 is 2.58 bits per heavy atom. The van der Waals surface area contributed by atoms with E-state index in [-0.39, 0.29) is 11.9 Å². The van der Waals surface area contributed by atoms with Crippen molar-refractivity contribution in [3.8, 4) is 0 Å². The highest BCUT2D eigenvalue weighted by Crippen LogP contribution is 2.33. The number of thiophene rings is 1. The van der Waals surface area contributed by atoms with Crippen molar-refractivity contribution in [1.82, 2.24) is 0 Å². The third-order valence-electron chi connectivity index (χ3n) is 3.36. The minimum atomic E-state index is -0.691. The number of aliphatic hydroxyl groups is 1. The fourth-order valence-electron chi connectivity index (χ4n) is 2.11. The smallest absolute Gasteiger partial charge is 0.123 e. The minimum Gasteiger partial charge on any atom is -0.389 e. The van der Waals surface area contributed by atoms with Crippen LogP contribution in [0.2, 0.25) is 0 Å². The van der Waals surface area contributed by atoms with E-state index in [0.29, 0.717) is 5.56 Å². The number of halogens is 1. The molecule has 0 fully saturated rings. The van der Waals surface area contributed by atoms with E-state index < -0.39 is 6.10 Å². The van der Waals surface area contributed by atoms with Gasteiger partial charge in [0.15, 0.2) is 0 Å². The van der Waals surface area contributed by atoms with Crippen LogP contribution in [0.15, 0.2) is 35.7 Å². The SMILES string of the molecule is CC(c1cccs1)N(C)c1ccc(F)cc1[C@H](C)O. The Morgan fingerprint density at radius 1 is 1.26 bits per heavy atom. The predicted molar refractivity (Wildman–Crippen MR) is 78.2 cm³/mol. The van der Waals surface area contributed by atoms with Crippen LogP contribution >= 0.6 is 11.3 Å². The molecule has 2 atom stereocenters. The molecule has 0 aliphatic carbocycles. The van der Waals surface area contributed by atoms with E-state index in [4.69, 9.17) is 0 Å². The summed E-state index contributed by atoms with van der Waals surface area (Å²) in [6.45, 7) is 3.75. The van der Waals surface area contributed by atoms with Gasteiger partial charge in [-0.2, -0.15) is 0 Å². The summed E-state index contributed by atoms with van der Waals surface area (Å²) in [7, 11) is 1.96. The Bertz CT molecular complexity index is 539. The maximum atomic E-state index is 13.3. The molecule has 19 heavy (non-hydrogen) atoms. The van der Waals surface area contributed by atoms with Gasteiger partial charge in [-0.1, -0.05) is 6.07 Å². The van der Waals surface area contributed by atoms with E-state index in [1.54, 1.807) is 24.3 Å². The Hall–Kier alpha value is -1.39. The van der Waals surface area contributed by atoms with Crippen LogP contribution in [0.5, 0.6) is 0 Å². The largest absolute Gasteiger partial charge is 0.389 e. The van der Waals surface area contributed by atoms with Gasteiger partial charge >= 0.3 is 0 Å². The number of benzene rings is 1. The maximum absolute atomic E-state index is 13.3. The van der Waals surface area contributed by atoms with Crippen molar-refractivity contribution < 1.29 is 9.50 Å². The van der Waals surface area contributed by atoms with Gasteiger partial charge in [0.2, 0.25) is 0 Å². The van der Waals surface area contributed by atoms with E-state index in [9.17, 15) is 9.50 Å². The average Bonchev–Trinajstić information content (AvgIpc) is 2.90. The molecule has 2 aromatic rings. The lowest BCUT2D eigenvalue weighted by molar-refractivity contribution is 0.199. The van der Waals surface area contributed by atoms with E-state index in [2.05, 4.69) is 17.9 Å². The summed E-state index contributed by atoms with van der Waals surface area (Å²) in [6, 6.07) is 8.84. The van der Waals surface area contributed by atoms with Crippen LogP contribution < -0.4 is 4.90 Å². The number of hydrogen-bond acceptors (Lipinski definition) is 3. The molecule has 1 aromatic carbocycles. The van der Waals surface area contributed by atoms with Crippen molar-refractivity contribution in [2.75, 3.05) is 11.9 Å². The first-order chi connectivity index (χ1) is 9.00. The van der Waals surface area contributed by atoms with E-state index in [1.807, 2.05) is 18.5 Å². The summed E-state index contributed by atoms with van der Waals surface area (Å²) >= 11 is 1.69. The van der Waals surface area contributed by atoms with E-state index in [1.165, 1.54) is 17.0 Å². The topological polar surface area (TPSA) is 23.5 Å². The highest BCUT2D eigenvalue weighted by molar-refractivity contribution is 7.10. The summed E-state index contributed by atoms with van der Waals surface area (Å²) in [4.78, 5) is 3.30. The molecule has 0 radical (unpaired) electrons. The Kier molecular flexibility index (Phi) is 4.22. The fraction of sp³-hybridized carbons (Fsp3) is 0.333. The standard InChI is InChI=1S/C15H18FNOS/c1-10(15-5-4-8-19-15)17(3)14-7-6-12(16)9-13(14)11(2)18/h4-11,18H,1-3H3/t10?,11-/m0/s1. The highest BCUT2D eigenvalue weighted by Gasteiger charge is 2.18. The monoisotopic (exact) mass is 279 g/mol. The lowest BCUT2D eigenvalue weighted by Crippen LogP contribution is -2.22. The second-order valence-electron chi connectivity index (χ2n) is 4.68. The van der Waals surface area contributed by atoms with Gasteiger partial charge in [-0.15, -0.1) is 11.3 Å². The van der Waals surface area contributed by atoms with Gasteiger partial charge < -0.3 is 10.0 Å². The zero-order valence-corrected chi connectivity index (χ0v) is 12.1. The molecule has 0 aliphatic heterocycles. The van der Waals surface area contributed by atoms with Gasteiger partial charge in [-0.3, -0.25) is 0 Å². The van der Waals surface area contributed by atoms with Gasteiger partial charge in [-0.25, -0.2) is 4.39 Å². The molecule has 1 aromatic heterocycles. The first kappa shape index (κ1) is 14.0. The minimum absolute atomic E-state index is 0.183. The molecule has 0 aliphatic rings. The first-order valence-corrected chi connectivity index (χ1v) is 7.12. The number of nitrogens with zero attached hydrogens (tertiary/aromatic N) is 1. The van der Waals surface area contributed by atoms with Crippen LogP contribution in [-0.2, 0) is 0 Å². The summed E-state index contributed by atoms with van der Waals surface area (Å²) in [5, 5.41) is 11.8. The number of aliphatic hydroxyl groups excluding tert-OH is 1. The predicted octanol–water partition coefficient (Wildman–Crippen LogP) is 4.14. The Labute approximate surface area is 117 Å². The molecule has 0 amide bonds. The molecule has 1 heterocycles. The van der Waals surface area contributed by atoms with Crippen LogP contribution in [0, 0.1) is 5.82 Å². The van der Waals surface area contributed by atoms with Crippen molar-refractivity contribution in [2.24, 2.45) is 0 Å². The molecule has 0 saturated carbocycles. The molecule has 0 saturated heterocycles. The van der Waals surface area contributed by atoms with Gasteiger partial charge in [0.25, 0.3) is 0 Å². The zero-order chi connectivity index (χ0) is 14.0. The second kappa shape index (κ2) is 5.72. The molecule has 2 nitrogen and oxygen atoms in total. The molecule has 4 heteroatoms. The van der Waals surface area contributed by atoms with Crippen LogP contribution in [0.25, 0.3) is 0 Å². The zero-order valence-electron chi connectivity index (χ0n) is 11.3. The summed E-state index contributed by atoms with van der Waals surface area (Å²) in [6.07, 6.45) is -0.691. The summed E-state index contributed by atoms with van der Waals surface area (Å²) in [5.41, 5.74) is 1.48. The van der Waals surface area contributed by atoms with Crippen LogP contribution in [-0.4, -0.2) is 12.2 Å². The Balaban J connectivity index is 2.35.